The van der Waals surface area contributed by atoms with Gasteiger partial charge in [-0.3, -0.25) is 14.9 Å². The summed E-state index contributed by atoms with van der Waals surface area (Å²) in [5.74, 6) is -1.15. The maximum Gasteiger partial charge on any atom is 0.316 e. The number of nitrogen functional groups attached to an aromatic ring is 1. The minimum absolute atomic E-state index is 0.00681. The van der Waals surface area contributed by atoms with E-state index in [1.807, 2.05) is 0 Å². The molecule has 7 nitrogen and oxygen atoms in total. The van der Waals surface area contributed by atoms with Crippen LogP contribution in [-0.4, -0.2) is 23.0 Å². The maximum atomic E-state index is 12.7. The topological polar surface area (TPSA) is 101 Å². The summed E-state index contributed by atoms with van der Waals surface area (Å²) in [5, 5.41) is 6.03. The molecule has 0 bridgehead atoms. The van der Waals surface area contributed by atoms with Crippen LogP contribution in [0, 0.1) is 0 Å². The minimum atomic E-state index is -0.742. The molecule has 1 aromatic carbocycles. The van der Waals surface area contributed by atoms with E-state index in [4.69, 9.17) is 5.73 Å². The molecule has 1 aliphatic carbocycles. The first-order chi connectivity index (χ1) is 11.1. The second-order valence-electron chi connectivity index (χ2n) is 5.55. The van der Waals surface area contributed by atoms with E-state index in [2.05, 4.69) is 15.0 Å². The van der Waals surface area contributed by atoms with E-state index < -0.39 is 11.8 Å². The number of rotatable bonds is 3. The van der Waals surface area contributed by atoms with E-state index in [0.717, 1.165) is 25.7 Å². The van der Waals surface area contributed by atoms with Crippen molar-refractivity contribution in [3.05, 3.63) is 36.6 Å². The van der Waals surface area contributed by atoms with E-state index in [1.165, 1.54) is 12.3 Å². The van der Waals surface area contributed by atoms with Crippen LogP contribution in [0.3, 0.4) is 0 Å². The average molecular weight is 314 g/mol. The highest BCUT2D eigenvalue weighted by atomic mass is 16.5. The van der Waals surface area contributed by atoms with Crippen molar-refractivity contribution in [2.24, 2.45) is 0 Å². The molecule has 3 N–H and O–H groups in total. The van der Waals surface area contributed by atoms with Crippen molar-refractivity contribution < 1.29 is 14.1 Å². The Labute approximate surface area is 133 Å². The molecule has 1 aromatic heterocycles. The van der Waals surface area contributed by atoms with Gasteiger partial charge in [0.2, 0.25) is 0 Å². The number of carbonyl (C=O) groups is 2. The third-order valence-electron chi connectivity index (χ3n) is 3.93. The van der Waals surface area contributed by atoms with Gasteiger partial charge < -0.3 is 15.2 Å². The molecule has 0 atom stereocenters. The van der Waals surface area contributed by atoms with Crippen LogP contribution in [0.4, 0.5) is 17.2 Å². The molecule has 0 radical (unpaired) electrons. The lowest BCUT2D eigenvalue weighted by Gasteiger charge is -2.28. The van der Waals surface area contributed by atoms with Crippen molar-refractivity contribution in [2.45, 2.75) is 31.7 Å². The smallest absolute Gasteiger partial charge is 0.316 e. The molecule has 1 saturated carbocycles. The van der Waals surface area contributed by atoms with Crippen molar-refractivity contribution in [1.82, 2.24) is 5.16 Å². The molecule has 120 valence electrons. The van der Waals surface area contributed by atoms with Crippen molar-refractivity contribution in [1.29, 1.82) is 0 Å². The maximum absolute atomic E-state index is 12.7. The normalized spacial score (nSPS) is 14.6. The summed E-state index contributed by atoms with van der Waals surface area (Å²) < 4.78 is 4.65. The number of carbonyl (C=O) groups excluding carboxylic acids is 2. The van der Waals surface area contributed by atoms with E-state index in [9.17, 15) is 9.59 Å². The summed E-state index contributed by atoms with van der Waals surface area (Å²) in [6.45, 7) is 0. The molecule has 1 fully saturated rings. The Hall–Kier alpha value is -2.83. The van der Waals surface area contributed by atoms with Gasteiger partial charge in [0, 0.05) is 23.5 Å². The van der Waals surface area contributed by atoms with E-state index in [-0.39, 0.29) is 11.9 Å². The average Bonchev–Trinajstić information content (AvgIpc) is 3.21. The number of hydrogen-bond acceptors (Lipinski definition) is 5. The van der Waals surface area contributed by atoms with Gasteiger partial charge in [0.05, 0.1) is 0 Å². The van der Waals surface area contributed by atoms with E-state index in [1.54, 1.807) is 29.2 Å². The number of nitrogens with zero attached hydrogens (tertiary/aromatic N) is 2. The van der Waals surface area contributed by atoms with Gasteiger partial charge in [-0.25, -0.2) is 0 Å². The highest BCUT2D eigenvalue weighted by Gasteiger charge is 2.32. The van der Waals surface area contributed by atoms with Gasteiger partial charge in [0.15, 0.2) is 5.82 Å². The van der Waals surface area contributed by atoms with Gasteiger partial charge in [0.1, 0.15) is 6.26 Å². The predicted molar refractivity (Wildman–Crippen MR) is 85.7 cm³/mol. The highest BCUT2D eigenvalue weighted by Crippen LogP contribution is 2.29. The Bertz CT molecular complexity index is 693. The number of nitrogens with one attached hydrogen (secondary N) is 1. The number of anilines is 3. The summed E-state index contributed by atoms with van der Waals surface area (Å²) in [7, 11) is 0. The number of amides is 2. The molecule has 0 aliphatic heterocycles. The number of nitrogens with two attached hydrogens (primary N) is 1. The zero-order chi connectivity index (χ0) is 16.2. The molecule has 2 aromatic rings. The fraction of sp³-hybridized carbons (Fsp3) is 0.312. The zero-order valence-electron chi connectivity index (χ0n) is 12.6. The van der Waals surface area contributed by atoms with Crippen LogP contribution >= 0.6 is 0 Å². The molecule has 0 saturated heterocycles. The van der Waals surface area contributed by atoms with Gasteiger partial charge in [-0.2, -0.15) is 0 Å². The second-order valence-corrected chi connectivity index (χ2v) is 5.55. The van der Waals surface area contributed by atoms with Gasteiger partial charge >= 0.3 is 11.8 Å². The first-order valence-electron chi connectivity index (χ1n) is 7.55. The summed E-state index contributed by atoms with van der Waals surface area (Å²) in [4.78, 5) is 26.5. The number of hydrogen-bond donors (Lipinski definition) is 2. The minimum Gasteiger partial charge on any atom is -0.399 e. The van der Waals surface area contributed by atoms with Gasteiger partial charge in [-0.1, -0.05) is 24.1 Å². The first-order valence-corrected chi connectivity index (χ1v) is 7.55. The summed E-state index contributed by atoms with van der Waals surface area (Å²) in [6.07, 6.45) is 5.16. The molecule has 0 spiro atoms. The molecule has 3 rings (SSSR count). The molecule has 23 heavy (non-hydrogen) atoms. The lowest BCUT2D eigenvalue weighted by atomic mass is 10.1. The number of benzene rings is 1. The Balaban J connectivity index is 1.85. The Morgan fingerprint density at radius 1 is 1.26 bits per heavy atom. The standard InChI is InChI=1S/C16H18N4O3/c17-11-4-3-7-13(10-11)20(12-5-1-2-6-12)16(22)15(21)18-14-8-9-23-19-14/h3-4,7-10,12H,1-2,5-6,17H2,(H,18,19,21). The fourth-order valence-electron chi connectivity index (χ4n) is 2.89. The van der Waals surface area contributed by atoms with Crippen LogP contribution in [0.1, 0.15) is 25.7 Å². The van der Waals surface area contributed by atoms with Crippen molar-refractivity contribution in [3.63, 3.8) is 0 Å². The lowest BCUT2D eigenvalue weighted by molar-refractivity contribution is -0.134. The SMILES string of the molecule is Nc1cccc(N(C(=O)C(=O)Nc2ccon2)C2CCCC2)c1. The fourth-order valence-corrected chi connectivity index (χ4v) is 2.89. The van der Waals surface area contributed by atoms with E-state index in [0.29, 0.717) is 11.4 Å². The Kier molecular flexibility index (Phi) is 4.27. The van der Waals surface area contributed by atoms with Gasteiger partial charge in [-0.15, -0.1) is 0 Å². The van der Waals surface area contributed by atoms with Gasteiger partial charge in [0.25, 0.3) is 0 Å². The largest absolute Gasteiger partial charge is 0.399 e. The van der Waals surface area contributed by atoms with Gasteiger partial charge in [-0.05, 0) is 31.0 Å². The number of aromatic nitrogens is 1. The van der Waals surface area contributed by atoms with Crippen LogP contribution in [0.2, 0.25) is 0 Å². The van der Waals surface area contributed by atoms with Crippen molar-refractivity contribution in [2.75, 3.05) is 16.0 Å². The van der Waals surface area contributed by atoms with Crippen molar-refractivity contribution >= 4 is 29.0 Å². The quantitative estimate of drug-likeness (QED) is 0.668. The molecular weight excluding hydrogens is 296 g/mol. The molecule has 1 aliphatic rings. The molecule has 0 unspecified atom stereocenters. The zero-order valence-corrected chi connectivity index (χ0v) is 12.6. The van der Waals surface area contributed by atoms with E-state index >= 15 is 0 Å². The van der Waals surface area contributed by atoms with Crippen LogP contribution in [0.25, 0.3) is 0 Å². The Morgan fingerprint density at radius 2 is 2.04 bits per heavy atom. The first kappa shape index (κ1) is 15.1. The van der Waals surface area contributed by atoms with Crippen LogP contribution in [-0.2, 0) is 9.59 Å². The second kappa shape index (κ2) is 6.51. The van der Waals surface area contributed by atoms with Crippen LogP contribution < -0.4 is 16.0 Å². The monoisotopic (exact) mass is 314 g/mol. The Morgan fingerprint density at radius 3 is 2.70 bits per heavy atom. The van der Waals surface area contributed by atoms with Crippen molar-refractivity contribution in [3.8, 4) is 0 Å². The third kappa shape index (κ3) is 3.33. The summed E-state index contributed by atoms with van der Waals surface area (Å²) in [6, 6.07) is 8.50. The predicted octanol–water partition coefficient (Wildman–Crippen LogP) is 2.17. The van der Waals surface area contributed by atoms with Crippen LogP contribution in [0.15, 0.2) is 41.1 Å². The summed E-state index contributed by atoms with van der Waals surface area (Å²) >= 11 is 0. The summed E-state index contributed by atoms with van der Waals surface area (Å²) in [5.41, 5.74) is 7.01. The third-order valence-corrected chi connectivity index (χ3v) is 3.93. The highest BCUT2D eigenvalue weighted by molar-refractivity contribution is 6.44. The molecule has 2 amide bonds. The lowest BCUT2D eigenvalue weighted by Crippen LogP contribution is -2.45. The molecule has 7 heteroatoms. The molecular formula is C16H18N4O3. The molecule has 1 heterocycles. The van der Waals surface area contributed by atoms with Crippen LogP contribution in [0.5, 0.6) is 0 Å².